The topological polar surface area (TPSA) is 95.9 Å². The summed E-state index contributed by atoms with van der Waals surface area (Å²) in [5.74, 6) is -0.121. The van der Waals surface area contributed by atoms with Crippen molar-refractivity contribution in [2.45, 2.75) is 51.4 Å². The van der Waals surface area contributed by atoms with Gasteiger partial charge in [-0.15, -0.1) is 11.3 Å². The molecular formula is C18H18F3N5O2S. The number of halogens is 3. The summed E-state index contributed by atoms with van der Waals surface area (Å²) in [7, 11) is 0. The Hall–Kier alpha value is -2.69. The summed E-state index contributed by atoms with van der Waals surface area (Å²) in [5.41, 5.74) is 6.30. The van der Waals surface area contributed by atoms with Gasteiger partial charge >= 0.3 is 12.1 Å². The highest BCUT2D eigenvalue weighted by Gasteiger charge is 2.33. The number of nitrogen functional groups attached to an aromatic ring is 1. The molecule has 0 bridgehead atoms. The highest BCUT2D eigenvalue weighted by molar-refractivity contribution is 7.19. The van der Waals surface area contributed by atoms with Crippen molar-refractivity contribution in [3.05, 3.63) is 34.2 Å². The van der Waals surface area contributed by atoms with E-state index in [4.69, 9.17) is 10.5 Å². The maximum atomic E-state index is 12.6. The minimum atomic E-state index is -4.56. The molecule has 2 N–H and O–H groups in total. The van der Waals surface area contributed by atoms with Gasteiger partial charge in [0.2, 0.25) is 0 Å². The lowest BCUT2D eigenvalue weighted by Crippen LogP contribution is -2.16. The van der Waals surface area contributed by atoms with Gasteiger partial charge in [0.25, 0.3) is 0 Å². The summed E-state index contributed by atoms with van der Waals surface area (Å²) < 4.78 is 43.7. The van der Waals surface area contributed by atoms with Crippen LogP contribution in [0.5, 0.6) is 0 Å². The molecule has 0 aliphatic heterocycles. The largest absolute Gasteiger partial charge is 0.456 e. The molecule has 11 heteroatoms. The summed E-state index contributed by atoms with van der Waals surface area (Å²) in [5, 5.41) is 4.20. The number of thiophene rings is 1. The number of anilines is 1. The van der Waals surface area contributed by atoms with Crippen LogP contribution in [0.1, 0.15) is 41.2 Å². The molecule has 0 saturated heterocycles. The molecule has 0 spiro atoms. The van der Waals surface area contributed by atoms with Gasteiger partial charge in [-0.25, -0.2) is 9.97 Å². The minimum absolute atomic E-state index is 0.213. The molecule has 0 saturated carbocycles. The monoisotopic (exact) mass is 425 g/mol. The van der Waals surface area contributed by atoms with E-state index >= 15 is 0 Å². The van der Waals surface area contributed by atoms with E-state index in [-0.39, 0.29) is 12.4 Å². The first-order valence-corrected chi connectivity index (χ1v) is 9.96. The lowest BCUT2D eigenvalue weighted by Gasteiger charge is -2.06. The summed E-state index contributed by atoms with van der Waals surface area (Å²) >= 11 is 1.59. The van der Waals surface area contributed by atoms with Gasteiger partial charge in [0.05, 0.1) is 5.39 Å². The van der Waals surface area contributed by atoms with Crippen molar-refractivity contribution in [1.29, 1.82) is 0 Å². The second kappa shape index (κ2) is 7.62. The van der Waals surface area contributed by atoms with E-state index in [0.29, 0.717) is 5.82 Å². The standard InChI is InChI=1S/C18H18F3N5O2S/c19-18(20,21)12-6-7-26(25-12)8-14(27)28-9-13-23-16(22)15-10-4-2-1-3-5-11(10)29-17(15)24-13/h6-7H,1-5,8-9H2,(H2,22,23,24). The molecule has 0 unspecified atom stereocenters. The van der Waals surface area contributed by atoms with Crippen LogP contribution in [0.4, 0.5) is 19.0 Å². The number of rotatable bonds is 4. The molecule has 1 aliphatic carbocycles. The van der Waals surface area contributed by atoms with Crippen LogP contribution in [0.3, 0.4) is 0 Å². The van der Waals surface area contributed by atoms with Gasteiger partial charge in [-0.2, -0.15) is 18.3 Å². The Bertz CT molecular complexity index is 1060. The van der Waals surface area contributed by atoms with Gasteiger partial charge in [0, 0.05) is 11.1 Å². The fourth-order valence-corrected chi connectivity index (χ4v) is 4.68. The molecule has 1 aliphatic rings. The highest BCUT2D eigenvalue weighted by Crippen LogP contribution is 2.37. The second-order valence-electron chi connectivity index (χ2n) is 6.83. The van der Waals surface area contributed by atoms with Gasteiger partial charge in [0.15, 0.2) is 18.1 Å². The molecular weight excluding hydrogens is 407 g/mol. The van der Waals surface area contributed by atoms with Crippen molar-refractivity contribution in [3.8, 4) is 0 Å². The highest BCUT2D eigenvalue weighted by atomic mass is 32.1. The Balaban J connectivity index is 1.44. The normalized spacial score (nSPS) is 14.6. The van der Waals surface area contributed by atoms with Gasteiger partial charge < -0.3 is 10.5 Å². The number of fused-ring (bicyclic) bond motifs is 3. The number of carbonyl (C=O) groups is 1. The zero-order valence-corrected chi connectivity index (χ0v) is 16.1. The lowest BCUT2D eigenvalue weighted by atomic mass is 10.1. The van der Waals surface area contributed by atoms with Crippen LogP contribution in [0.25, 0.3) is 10.2 Å². The zero-order valence-electron chi connectivity index (χ0n) is 15.3. The quantitative estimate of drug-likeness (QED) is 0.508. The van der Waals surface area contributed by atoms with Crippen LogP contribution in [-0.4, -0.2) is 25.7 Å². The van der Waals surface area contributed by atoms with Crippen LogP contribution in [-0.2, 0) is 41.7 Å². The Kier molecular flexibility index (Phi) is 5.15. The number of hydrogen-bond donors (Lipinski definition) is 1. The lowest BCUT2D eigenvalue weighted by molar-refractivity contribution is -0.147. The SMILES string of the molecule is Nc1nc(COC(=O)Cn2ccc(C(F)(F)F)n2)nc2sc3c(c12)CCCCC3. The molecule has 0 atom stereocenters. The summed E-state index contributed by atoms with van der Waals surface area (Å²) in [6.07, 6.45) is 1.92. The van der Waals surface area contributed by atoms with Crippen LogP contribution in [0, 0.1) is 0 Å². The van der Waals surface area contributed by atoms with Gasteiger partial charge in [-0.1, -0.05) is 6.42 Å². The predicted octanol–water partition coefficient (Wildman–Crippen LogP) is 3.50. The smallest absolute Gasteiger partial charge is 0.435 e. The van der Waals surface area contributed by atoms with E-state index in [2.05, 4.69) is 15.1 Å². The van der Waals surface area contributed by atoms with Crippen molar-refractivity contribution in [2.24, 2.45) is 0 Å². The third-order valence-corrected chi connectivity index (χ3v) is 5.91. The molecule has 3 aromatic heterocycles. The molecule has 0 amide bonds. The van der Waals surface area contributed by atoms with Crippen molar-refractivity contribution < 1.29 is 22.7 Å². The summed E-state index contributed by atoms with van der Waals surface area (Å²) in [6, 6.07) is 0.797. The number of aryl methyl sites for hydroxylation is 2. The Morgan fingerprint density at radius 2 is 2.03 bits per heavy atom. The van der Waals surface area contributed by atoms with E-state index in [1.165, 1.54) is 16.9 Å². The number of hydrogen-bond acceptors (Lipinski definition) is 7. The number of alkyl halides is 3. The van der Waals surface area contributed by atoms with E-state index in [9.17, 15) is 18.0 Å². The first kappa shape index (κ1) is 19.6. The van der Waals surface area contributed by atoms with E-state index < -0.39 is 24.4 Å². The summed E-state index contributed by atoms with van der Waals surface area (Å²) in [6.45, 7) is -0.657. The van der Waals surface area contributed by atoms with Crippen molar-refractivity contribution in [2.75, 3.05) is 5.73 Å². The predicted molar refractivity (Wildman–Crippen MR) is 100 cm³/mol. The van der Waals surface area contributed by atoms with E-state index in [1.807, 2.05) is 0 Å². The maximum Gasteiger partial charge on any atom is 0.435 e. The minimum Gasteiger partial charge on any atom is -0.456 e. The number of esters is 1. The second-order valence-corrected chi connectivity index (χ2v) is 7.91. The average Bonchev–Trinajstić information content (AvgIpc) is 3.18. The van der Waals surface area contributed by atoms with Crippen molar-refractivity contribution in [3.63, 3.8) is 0 Å². The van der Waals surface area contributed by atoms with Crippen LogP contribution in [0.2, 0.25) is 0 Å². The Morgan fingerprint density at radius 3 is 2.79 bits per heavy atom. The van der Waals surface area contributed by atoms with Crippen molar-refractivity contribution in [1.82, 2.24) is 19.7 Å². The average molecular weight is 425 g/mol. The first-order chi connectivity index (χ1) is 13.8. The molecule has 0 aromatic carbocycles. The number of ether oxygens (including phenoxy) is 1. The molecule has 3 aromatic rings. The third-order valence-electron chi connectivity index (χ3n) is 4.72. The van der Waals surface area contributed by atoms with Crippen LogP contribution < -0.4 is 5.73 Å². The van der Waals surface area contributed by atoms with Gasteiger partial charge in [0.1, 0.15) is 17.2 Å². The summed E-state index contributed by atoms with van der Waals surface area (Å²) in [4.78, 5) is 22.7. The molecule has 29 heavy (non-hydrogen) atoms. The molecule has 7 nitrogen and oxygen atoms in total. The van der Waals surface area contributed by atoms with Crippen LogP contribution >= 0.6 is 11.3 Å². The fraction of sp³-hybridized carbons (Fsp3) is 0.444. The number of nitrogens with two attached hydrogens (primary N) is 1. The Morgan fingerprint density at radius 1 is 1.24 bits per heavy atom. The molecule has 4 rings (SSSR count). The third kappa shape index (κ3) is 4.19. The van der Waals surface area contributed by atoms with Crippen LogP contribution in [0.15, 0.2) is 12.3 Å². The molecule has 0 radical (unpaired) electrons. The Labute approximate surface area is 167 Å². The molecule has 0 fully saturated rings. The molecule has 3 heterocycles. The van der Waals surface area contributed by atoms with E-state index in [1.54, 1.807) is 11.3 Å². The fourth-order valence-electron chi connectivity index (χ4n) is 3.40. The number of aromatic nitrogens is 4. The van der Waals surface area contributed by atoms with Gasteiger partial charge in [-0.3, -0.25) is 9.48 Å². The van der Waals surface area contributed by atoms with E-state index in [0.717, 1.165) is 52.8 Å². The number of carbonyl (C=O) groups excluding carboxylic acids is 1. The first-order valence-electron chi connectivity index (χ1n) is 9.14. The number of nitrogens with zero attached hydrogens (tertiary/aromatic N) is 4. The molecule has 154 valence electrons. The van der Waals surface area contributed by atoms with Crippen molar-refractivity contribution >= 4 is 33.3 Å². The van der Waals surface area contributed by atoms with Gasteiger partial charge in [-0.05, 0) is 37.3 Å². The zero-order chi connectivity index (χ0) is 20.6. The maximum absolute atomic E-state index is 12.6.